The van der Waals surface area contributed by atoms with Gasteiger partial charge >= 0.3 is 11.9 Å². The Bertz CT molecular complexity index is 1250. The molecular weight excluding hydrogens is 533 g/mol. The van der Waals surface area contributed by atoms with E-state index in [1.807, 2.05) is 24.4 Å². The van der Waals surface area contributed by atoms with Crippen LogP contribution in [0.5, 0.6) is 0 Å². The minimum absolute atomic E-state index is 0.151. The van der Waals surface area contributed by atoms with Crippen LogP contribution in [0.15, 0.2) is 58.3 Å². The highest BCUT2D eigenvalue weighted by Gasteiger charge is 2.50. The number of esters is 2. The highest BCUT2D eigenvalue weighted by atomic mass is 35.5. The van der Waals surface area contributed by atoms with E-state index >= 15 is 0 Å². The predicted octanol–water partition coefficient (Wildman–Crippen LogP) is 6.55. The first-order chi connectivity index (χ1) is 17.8. The number of halogens is 2. The standard InChI is InChI=1S/C28H29Cl2NO5S/c1-4-9-18-24(28(34)36-6-3)25(22-16(29)10-7-11-17(22)30)23-19(31-18)14-15(20-12-8-13-37-20)21(26(23)32)27(33)35-5-2/h7-8,10-13,15,21,25,31H,4-6,9,14H2,1-3H3/t15-,21-,25-/m0/s1. The molecule has 0 amide bonds. The quantitative estimate of drug-likeness (QED) is 0.290. The first-order valence-corrected chi connectivity index (χ1v) is 14.1. The number of allylic oxidation sites excluding steroid dienone is 3. The minimum atomic E-state index is -1.06. The van der Waals surface area contributed by atoms with Crippen molar-refractivity contribution in [1.82, 2.24) is 5.32 Å². The normalized spacial score (nSPS) is 21.4. The second-order valence-electron chi connectivity index (χ2n) is 8.87. The van der Waals surface area contributed by atoms with E-state index in [-0.39, 0.29) is 13.2 Å². The Hall–Kier alpha value is -2.61. The van der Waals surface area contributed by atoms with Crippen LogP contribution in [0.4, 0.5) is 0 Å². The van der Waals surface area contributed by atoms with Gasteiger partial charge in [-0.05, 0) is 50.3 Å². The van der Waals surface area contributed by atoms with Crippen molar-refractivity contribution in [2.45, 2.75) is 51.9 Å². The predicted molar refractivity (Wildman–Crippen MR) is 145 cm³/mol. The van der Waals surface area contributed by atoms with Gasteiger partial charge in [-0.3, -0.25) is 9.59 Å². The lowest BCUT2D eigenvalue weighted by Crippen LogP contribution is -2.43. The largest absolute Gasteiger partial charge is 0.465 e. The number of carbonyl (C=O) groups excluding carboxylic acids is 3. The van der Waals surface area contributed by atoms with Crippen molar-refractivity contribution in [3.63, 3.8) is 0 Å². The lowest BCUT2D eigenvalue weighted by molar-refractivity contribution is -0.152. The van der Waals surface area contributed by atoms with Gasteiger partial charge < -0.3 is 14.8 Å². The van der Waals surface area contributed by atoms with Gasteiger partial charge in [0.15, 0.2) is 5.78 Å². The molecule has 6 nitrogen and oxygen atoms in total. The van der Waals surface area contributed by atoms with Crippen LogP contribution in [-0.4, -0.2) is 30.9 Å². The number of ketones is 1. The molecule has 0 fully saturated rings. The van der Waals surface area contributed by atoms with Crippen molar-refractivity contribution in [2.24, 2.45) is 5.92 Å². The van der Waals surface area contributed by atoms with Crippen LogP contribution in [0.25, 0.3) is 0 Å². The van der Waals surface area contributed by atoms with Crippen LogP contribution in [0, 0.1) is 5.92 Å². The Morgan fingerprint density at radius 3 is 2.35 bits per heavy atom. The Labute approximate surface area is 230 Å². The molecule has 2 aromatic rings. The molecule has 2 heterocycles. The van der Waals surface area contributed by atoms with Gasteiger partial charge in [0, 0.05) is 43.4 Å². The molecule has 0 unspecified atom stereocenters. The van der Waals surface area contributed by atoms with Crippen molar-refractivity contribution in [3.8, 4) is 0 Å². The molecule has 0 spiro atoms. The molecule has 1 N–H and O–H groups in total. The van der Waals surface area contributed by atoms with E-state index in [9.17, 15) is 14.4 Å². The van der Waals surface area contributed by atoms with E-state index in [2.05, 4.69) is 5.32 Å². The summed E-state index contributed by atoms with van der Waals surface area (Å²) < 4.78 is 10.8. The van der Waals surface area contributed by atoms with Crippen molar-refractivity contribution in [1.29, 1.82) is 0 Å². The summed E-state index contributed by atoms with van der Waals surface area (Å²) in [6.45, 7) is 5.76. The number of benzene rings is 1. The third-order valence-corrected chi connectivity index (χ3v) is 8.30. The Morgan fingerprint density at radius 2 is 1.76 bits per heavy atom. The zero-order valence-corrected chi connectivity index (χ0v) is 23.3. The summed E-state index contributed by atoms with van der Waals surface area (Å²) in [5.74, 6) is -3.86. The maximum atomic E-state index is 14.3. The fourth-order valence-electron chi connectivity index (χ4n) is 5.19. The minimum Gasteiger partial charge on any atom is -0.465 e. The van der Waals surface area contributed by atoms with E-state index in [0.29, 0.717) is 51.0 Å². The Balaban J connectivity index is 1.97. The number of hydrogen-bond acceptors (Lipinski definition) is 7. The third kappa shape index (κ3) is 5.22. The highest BCUT2D eigenvalue weighted by Crippen LogP contribution is 2.51. The number of carbonyl (C=O) groups is 3. The summed E-state index contributed by atoms with van der Waals surface area (Å²) in [5, 5.41) is 5.97. The molecule has 0 bridgehead atoms. The second kappa shape index (κ2) is 11.8. The SMILES string of the molecule is CCCC1=C(C(=O)OCC)[C@@H](c2c(Cl)cccc2Cl)C2=C(C[C@@H](c3cccs3)[C@H](C(=O)OCC)C2=O)N1. The average molecular weight is 563 g/mol. The highest BCUT2D eigenvalue weighted by molar-refractivity contribution is 7.10. The third-order valence-electron chi connectivity index (χ3n) is 6.64. The van der Waals surface area contributed by atoms with Gasteiger partial charge in [0.2, 0.25) is 0 Å². The van der Waals surface area contributed by atoms with Crippen LogP contribution in [-0.2, 0) is 23.9 Å². The molecule has 2 aliphatic rings. The van der Waals surface area contributed by atoms with Crippen molar-refractivity contribution < 1.29 is 23.9 Å². The number of Topliss-reactive ketones (excluding diaryl/α,β-unsaturated/α-hetero) is 1. The van der Waals surface area contributed by atoms with Crippen LogP contribution in [0.2, 0.25) is 10.0 Å². The lowest BCUT2D eigenvalue weighted by atomic mass is 9.68. The van der Waals surface area contributed by atoms with Crippen LogP contribution in [0.3, 0.4) is 0 Å². The average Bonchev–Trinajstić information content (AvgIpc) is 3.39. The first-order valence-electron chi connectivity index (χ1n) is 12.4. The van der Waals surface area contributed by atoms with Crippen LogP contribution < -0.4 is 5.32 Å². The van der Waals surface area contributed by atoms with Crippen molar-refractivity contribution in [3.05, 3.63) is 78.7 Å². The van der Waals surface area contributed by atoms with E-state index in [4.69, 9.17) is 32.7 Å². The summed E-state index contributed by atoms with van der Waals surface area (Å²) in [5.41, 5.74) is 2.39. The molecule has 37 heavy (non-hydrogen) atoms. The number of nitrogens with one attached hydrogen (secondary N) is 1. The fourth-order valence-corrected chi connectivity index (χ4v) is 6.67. The molecule has 1 aromatic heterocycles. The summed E-state index contributed by atoms with van der Waals surface area (Å²) in [6.07, 6.45) is 1.71. The van der Waals surface area contributed by atoms with Crippen LogP contribution in [0.1, 0.15) is 62.3 Å². The van der Waals surface area contributed by atoms with Gasteiger partial charge in [-0.25, -0.2) is 4.79 Å². The number of rotatable bonds is 8. The summed E-state index contributed by atoms with van der Waals surface area (Å²) in [4.78, 5) is 41.9. The van der Waals surface area contributed by atoms with Gasteiger partial charge in [0.25, 0.3) is 0 Å². The van der Waals surface area contributed by atoms with Gasteiger partial charge in [-0.1, -0.05) is 48.7 Å². The van der Waals surface area contributed by atoms with E-state index in [1.54, 1.807) is 32.0 Å². The molecule has 3 atom stereocenters. The molecule has 4 rings (SSSR count). The fraction of sp³-hybridized carbons (Fsp3) is 0.393. The number of thiophene rings is 1. The summed E-state index contributed by atoms with van der Waals surface area (Å²) in [6, 6.07) is 8.90. The monoisotopic (exact) mass is 561 g/mol. The molecule has 1 aliphatic heterocycles. The van der Waals surface area contributed by atoms with E-state index in [0.717, 1.165) is 11.3 Å². The van der Waals surface area contributed by atoms with Crippen LogP contribution >= 0.6 is 34.5 Å². The summed E-state index contributed by atoms with van der Waals surface area (Å²) in [7, 11) is 0. The maximum absolute atomic E-state index is 14.3. The van der Waals surface area contributed by atoms with Gasteiger partial charge in [0.1, 0.15) is 5.92 Å². The van der Waals surface area contributed by atoms with Gasteiger partial charge in [-0.2, -0.15) is 0 Å². The first kappa shape index (κ1) is 27.4. The Morgan fingerprint density at radius 1 is 1.05 bits per heavy atom. The topological polar surface area (TPSA) is 81.7 Å². The molecule has 0 radical (unpaired) electrons. The number of dihydropyridines is 1. The van der Waals surface area contributed by atoms with Crippen molar-refractivity contribution >= 4 is 52.3 Å². The zero-order chi connectivity index (χ0) is 26.7. The molecule has 9 heteroatoms. The Kier molecular flexibility index (Phi) is 8.78. The molecular formula is C28H29Cl2NO5S. The maximum Gasteiger partial charge on any atom is 0.336 e. The number of hydrogen-bond donors (Lipinski definition) is 1. The second-order valence-corrected chi connectivity index (χ2v) is 10.7. The zero-order valence-electron chi connectivity index (χ0n) is 20.9. The summed E-state index contributed by atoms with van der Waals surface area (Å²) >= 11 is 14.8. The smallest absolute Gasteiger partial charge is 0.336 e. The number of ether oxygens (including phenoxy) is 2. The van der Waals surface area contributed by atoms with Gasteiger partial charge in [0.05, 0.1) is 24.7 Å². The molecule has 0 saturated carbocycles. The lowest BCUT2D eigenvalue weighted by Gasteiger charge is -2.40. The molecule has 0 saturated heterocycles. The van der Waals surface area contributed by atoms with E-state index in [1.165, 1.54) is 11.3 Å². The van der Waals surface area contributed by atoms with Gasteiger partial charge in [-0.15, -0.1) is 11.3 Å². The van der Waals surface area contributed by atoms with Crippen molar-refractivity contribution in [2.75, 3.05) is 13.2 Å². The van der Waals surface area contributed by atoms with E-state index < -0.39 is 35.5 Å². The molecule has 196 valence electrons. The molecule has 1 aliphatic carbocycles. The molecule has 1 aromatic carbocycles.